The number of fused-ring (bicyclic) bond motifs is 1. The highest BCUT2D eigenvalue weighted by atomic mass is 16.5. The maximum Gasteiger partial charge on any atom is 0.407 e. The summed E-state index contributed by atoms with van der Waals surface area (Å²) >= 11 is 0. The quantitative estimate of drug-likeness (QED) is 0.842. The number of hydrogen-bond donors (Lipinski definition) is 1. The molecule has 3 amide bonds. The van der Waals surface area contributed by atoms with Gasteiger partial charge in [-0.2, -0.15) is 0 Å². The van der Waals surface area contributed by atoms with Gasteiger partial charge in [-0.3, -0.25) is 14.5 Å². The third kappa shape index (κ3) is 3.06. The van der Waals surface area contributed by atoms with Crippen molar-refractivity contribution in [1.82, 2.24) is 10.2 Å². The van der Waals surface area contributed by atoms with Gasteiger partial charge in [0.05, 0.1) is 23.2 Å². The first-order valence-electron chi connectivity index (χ1n) is 8.52. The van der Waals surface area contributed by atoms with Gasteiger partial charge in [-0.1, -0.05) is 42.5 Å². The molecule has 1 fully saturated rings. The molecule has 1 N–H and O–H groups in total. The summed E-state index contributed by atoms with van der Waals surface area (Å²) in [6, 6.07) is 16.2. The lowest BCUT2D eigenvalue weighted by atomic mass is 10.1. The fourth-order valence-electron chi connectivity index (χ4n) is 3.13. The Balaban J connectivity index is 1.37. The summed E-state index contributed by atoms with van der Waals surface area (Å²) in [5.74, 6) is -0.618. The predicted octanol–water partition coefficient (Wildman–Crippen LogP) is 2.74. The van der Waals surface area contributed by atoms with Crippen LogP contribution in [0.4, 0.5) is 4.79 Å². The van der Waals surface area contributed by atoms with E-state index in [0.717, 1.165) is 5.56 Å². The van der Waals surface area contributed by atoms with Gasteiger partial charge in [-0.05, 0) is 30.5 Å². The molecular formula is C20H18N2O4. The number of alkyl carbamates (subject to hydrolysis) is 1. The van der Waals surface area contributed by atoms with Gasteiger partial charge in [0, 0.05) is 0 Å². The maximum absolute atomic E-state index is 12.5. The Morgan fingerprint density at radius 3 is 2.12 bits per heavy atom. The van der Waals surface area contributed by atoms with Crippen molar-refractivity contribution in [3.8, 4) is 0 Å². The fourth-order valence-corrected chi connectivity index (χ4v) is 3.13. The topological polar surface area (TPSA) is 75.7 Å². The number of ether oxygens (including phenoxy) is 1. The zero-order valence-electron chi connectivity index (χ0n) is 14.1. The summed E-state index contributed by atoms with van der Waals surface area (Å²) in [4.78, 5) is 38.3. The lowest BCUT2D eigenvalue weighted by Gasteiger charge is -2.23. The number of nitrogens with one attached hydrogen (secondary N) is 1. The van der Waals surface area contributed by atoms with E-state index in [1.807, 2.05) is 30.3 Å². The predicted molar refractivity (Wildman–Crippen MR) is 93.5 cm³/mol. The number of benzene rings is 2. The Morgan fingerprint density at radius 2 is 1.54 bits per heavy atom. The third-order valence-electron chi connectivity index (χ3n) is 4.77. The highest BCUT2D eigenvalue weighted by molar-refractivity contribution is 6.21. The van der Waals surface area contributed by atoms with E-state index in [1.165, 1.54) is 4.90 Å². The molecule has 1 aliphatic carbocycles. The Kier molecular flexibility index (Phi) is 3.95. The highest BCUT2D eigenvalue weighted by Crippen LogP contribution is 2.38. The number of carbonyl (C=O) groups is 3. The van der Waals surface area contributed by atoms with Crippen LogP contribution in [0.3, 0.4) is 0 Å². The summed E-state index contributed by atoms with van der Waals surface area (Å²) < 4.78 is 5.25. The number of imide groups is 1. The Morgan fingerprint density at radius 1 is 0.962 bits per heavy atom. The van der Waals surface area contributed by atoms with Crippen molar-refractivity contribution in [2.45, 2.75) is 25.0 Å². The summed E-state index contributed by atoms with van der Waals surface area (Å²) in [5, 5.41) is 2.83. The lowest BCUT2D eigenvalue weighted by Crippen LogP contribution is -2.47. The summed E-state index contributed by atoms with van der Waals surface area (Å²) in [6.07, 6.45) is 0.879. The van der Waals surface area contributed by atoms with E-state index in [2.05, 4.69) is 5.32 Å². The van der Waals surface area contributed by atoms with Crippen molar-refractivity contribution in [3.63, 3.8) is 0 Å². The molecule has 2 aromatic rings. The van der Waals surface area contributed by atoms with Crippen LogP contribution in [0.25, 0.3) is 0 Å². The molecule has 0 radical (unpaired) electrons. The van der Waals surface area contributed by atoms with E-state index >= 15 is 0 Å². The maximum atomic E-state index is 12.5. The average molecular weight is 350 g/mol. The minimum Gasteiger partial charge on any atom is -0.445 e. The Bertz CT molecular complexity index is 839. The van der Waals surface area contributed by atoms with E-state index in [4.69, 9.17) is 4.74 Å². The molecule has 132 valence electrons. The largest absolute Gasteiger partial charge is 0.445 e. The van der Waals surface area contributed by atoms with E-state index < -0.39 is 11.6 Å². The number of nitrogens with zero attached hydrogens (tertiary/aromatic N) is 1. The molecule has 0 atom stereocenters. The van der Waals surface area contributed by atoms with Crippen molar-refractivity contribution in [3.05, 3.63) is 71.3 Å². The molecule has 0 bridgehead atoms. The van der Waals surface area contributed by atoms with Crippen LogP contribution in [0.15, 0.2) is 54.6 Å². The van der Waals surface area contributed by atoms with Crippen LogP contribution >= 0.6 is 0 Å². The number of hydrogen-bond acceptors (Lipinski definition) is 4. The SMILES string of the molecule is O=C(NC1(CN2C(=O)c3ccccc3C2=O)CC1)OCc1ccccc1. The number of rotatable bonds is 5. The van der Waals surface area contributed by atoms with Crippen molar-refractivity contribution >= 4 is 17.9 Å². The minimum atomic E-state index is -0.582. The van der Waals surface area contributed by atoms with Crippen LogP contribution in [0.1, 0.15) is 39.1 Å². The van der Waals surface area contributed by atoms with Gasteiger partial charge in [0.15, 0.2) is 0 Å². The molecular weight excluding hydrogens is 332 g/mol. The third-order valence-corrected chi connectivity index (χ3v) is 4.77. The van der Waals surface area contributed by atoms with E-state index in [-0.39, 0.29) is 25.0 Å². The number of carbonyl (C=O) groups excluding carboxylic acids is 3. The molecule has 1 aliphatic heterocycles. The molecule has 2 aliphatic rings. The van der Waals surface area contributed by atoms with Gasteiger partial charge in [0.25, 0.3) is 11.8 Å². The molecule has 6 nitrogen and oxygen atoms in total. The summed E-state index contributed by atoms with van der Waals surface area (Å²) in [6.45, 7) is 0.343. The molecule has 2 aromatic carbocycles. The first-order chi connectivity index (χ1) is 12.6. The molecule has 0 spiro atoms. The molecule has 6 heteroatoms. The number of amides is 3. The molecule has 1 heterocycles. The van der Waals surface area contributed by atoms with Crippen molar-refractivity contribution < 1.29 is 19.1 Å². The van der Waals surface area contributed by atoms with Gasteiger partial charge in [0.1, 0.15) is 6.61 Å². The smallest absolute Gasteiger partial charge is 0.407 e. The van der Waals surface area contributed by atoms with E-state index in [1.54, 1.807) is 24.3 Å². The molecule has 26 heavy (non-hydrogen) atoms. The second kappa shape index (κ2) is 6.29. The minimum absolute atomic E-state index is 0.166. The second-order valence-electron chi connectivity index (χ2n) is 6.71. The monoisotopic (exact) mass is 350 g/mol. The summed E-state index contributed by atoms with van der Waals surface area (Å²) in [5.41, 5.74) is 1.15. The van der Waals surface area contributed by atoms with Gasteiger partial charge in [0.2, 0.25) is 0 Å². The first kappa shape index (κ1) is 16.3. The van der Waals surface area contributed by atoms with Crippen LogP contribution in [-0.4, -0.2) is 34.9 Å². The van der Waals surface area contributed by atoms with Crippen molar-refractivity contribution in [2.75, 3.05) is 6.54 Å². The molecule has 4 rings (SSSR count). The Labute approximate surface area is 150 Å². The molecule has 1 saturated carbocycles. The second-order valence-corrected chi connectivity index (χ2v) is 6.71. The van der Waals surface area contributed by atoms with Crippen LogP contribution in [0.5, 0.6) is 0 Å². The van der Waals surface area contributed by atoms with Gasteiger partial charge < -0.3 is 10.1 Å². The standard InChI is InChI=1S/C20H18N2O4/c23-17-15-8-4-5-9-16(15)18(24)22(17)13-20(10-11-20)21-19(25)26-12-14-6-2-1-3-7-14/h1-9H,10-13H2,(H,21,25). The molecule has 0 saturated heterocycles. The van der Waals surface area contributed by atoms with Crippen LogP contribution in [0, 0.1) is 0 Å². The summed E-state index contributed by atoms with van der Waals surface area (Å²) in [7, 11) is 0. The van der Waals surface area contributed by atoms with Crippen LogP contribution in [-0.2, 0) is 11.3 Å². The fraction of sp³-hybridized carbons (Fsp3) is 0.250. The Hall–Kier alpha value is -3.15. The van der Waals surface area contributed by atoms with Gasteiger partial charge in [-0.15, -0.1) is 0 Å². The van der Waals surface area contributed by atoms with Crippen LogP contribution in [0.2, 0.25) is 0 Å². The van der Waals surface area contributed by atoms with E-state index in [9.17, 15) is 14.4 Å². The van der Waals surface area contributed by atoms with Gasteiger partial charge >= 0.3 is 6.09 Å². The van der Waals surface area contributed by atoms with Crippen LogP contribution < -0.4 is 5.32 Å². The average Bonchev–Trinajstić information content (AvgIpc) is 3.38. The highest BCUT2D eigenvalue weighted by Gasteiger charge is 2.49. The molecule has 0 aromatic heterocycles. The van der Waals surface area contributed by atoms with Crippen molar-refractivity contribution in [1.29, 1.82) is 0 Å². The zero-order valence-corrected chi connectivity index (χ0v) is 14.1. The first-order valence-corrected chi connectivity index (χ1v) is 8.52. The molecule has 0 unspecified atom stereocenters. The van der Waals surface area contributed by atoms with Gasteiger partial charge in [-0.25, -0.2) is 4.79 Å². The lowest BCUT2D eigenvalue weighted by molar-refractivity contribution is 0.0625. The zero-order chi connectivity index (χ0) is 18.1. The van der Waals surface area contributed by atoms with Crippen molar-refractivity contribution in [2.24, 2.45) is 0 Å². The van der Waals surface area contributed by atoms with E-state index in [0.29, 0.717) is 24.0 Å². The normalized spacial score (nSPS) is 17.0.